The number of hydrogen-bond donors (Lipinski definition) is 0. The zero-order chi connectivity index (χ0) is 16.8. The Hall–Kier alpha value is -1.44. The molecule has 3 rings (SSSR count). The molecule has 0 aromatic rings. The van der Waals surface area contributed by atoms with E-state index < -0.39 is 0 Å². The number of hydrogen-bond acceptors (Lipinski definition) is 2. The van der Waals surface area contributed by atoms with E-state index in [1.807, 2.05) is 0 Å². The van der Waals surface area contributed by atoms with Crippen LogP contribution in [0.1, 0.15) is 48.0 Å². The molecule has 3 aliphatic heterocycles. The van der Waals surface area contributed by atoms with Gasteiger partial charge in [0.1, 0.15) is 0 Å². The molecule has 2 atom stereocenters. The predicted octanol–water partition coefficient (Wildman–Crippen LogP) is 4.73. The van der Waals surface area contributed by atoms with E-state index in [0.29, 0.717) is 12.1 Å². The van der Waals surface area contributed by atoms with Gasteiger partial charge in [-0.3, -0.25) is 0 Å². The van der Waals surface area contributed by atoms with Crippen LogP contribution in [0.2, 0.25) is 0 Å². The number of rotatable bonds is 0. The van der Waals surface area contributed by atoms with Crippen LogP contribution in [-0.4, -0.2) is 35.0 Å². The quantitative estimate of drug-likeness (QED) is 0.638. The number of allylic oxidation sites excluding steroid dienone is 4. The molecule has 3 aliphatic rings. The molecule has 2 heteroatoms. The summed E-state index contributed by atoms with van der Waals surface area (Å²) in [5, 5.41) is 0. The third-order valence-electron chi connectivity index (χ3n) is 5.27. The van der Waals surface area contributed by atoms with Crippen molar-refractivity contribution >= 4 is 0 Å². The molecule has 3 heterocycles. The van der Waals surface area contributed by atoms with E-state index in [0.717, 1.165) is 13.1 Å². The zero-order valence-corrected chi connectivity index (χ0v) is 15.6. The molecule has 0 aliphatic carbocycles. The lowest BCUT2D eigenvalue weighted by atomic mass is 9.80. The fraction of sp³-hybridized carbons (Fsp3) is 0.619. The van der Waals surface area contributed by atoms with Gasteiger partial charge in [-0.05, 0) is 52.9 Å². The summed E-state index contributed by atoms with van der Waals surface area (Å²) in [5.74, 6) is 0. The van der Waals surface area contributed by atoms with E-state index >= 15 is 0 Å². The molecule has 1 fully saturated rings. The highest BCUT2D eigenvalue weighted by atomic mass is 15.3. The molecule has 23 heavy (non-hydrogen) atoms. The van der Waals surface area contributed by atoms with Crippen LogP contribution in [-0.2, 0) is 0 Å². The van der Waals surface area contributed by atoms with E-state index in [9.17, 15) is 0 Å². The maximum atomic E-state index is 2.54. The van der Waals surface area contributed by atoms with Gasteiger partial charge in [-0.2, -0.15) is 0 Å². The summed E-state index contributed by atoms with van der Waals surface area (Å²) >= 11 is 0. The van der Waals surface area contributed by atoms with Crippen molar-refractivity contribution in [2.45, 2.75) is 60.0 Å². The van der Waals surface area contributed by atoms with Crippen molar-refractivity contribution in [2.75, 3.05) is 13.1 Å². The van der Waals surface area contributed by atoms with Crippen LogP contribution in [0.5, 0.6) is 0 Å². The van der Waals surface area contributed by atoms with Crippen LogP contribution in [0.25, 0.3) is 0 Å². The first-order valence-electron chi connectivity index (χ1n) is 8.99. The van der Waals surface area contributed by atoms with Crippen molar-refractivity contribution in [2.24, 2.45) is 10.8 Å². The van der Waals surface area contributed by atoms with Crippen molar-refractivity contribution in [3.05, 3.63) is 47.9 Å². The average molecular weight is 313 g/mol. The minimum Gasteiger partial charge on any atom is -0.369 e. The Bertz CT molecular complexity index is 526. The zero-order valence-electron chi connectivity index (χ0n) is 15.6. The molecule has 0 aromatic heterocycles. The summed E-state index contributed by atoms with van der Waals surface area (Å²) in [6, 6.07) is 0.887. The maximum absolute atomic E-state index is 2.54. The number of nitrogens with zero attached hydrogens (tertiary/aromatic N) is 2. The van der Waals surface area contributed by atoms with Gasteiger partial charge >= 0.3 is 0 Å². The Labute approximate surface area is 142 Å². The van der Waals surface area contributed by atoms with Crippen LogP contribution in [0, 0.1) is 10.8 Å². The molecule has 0 aromatic carbocycles. The lowest BCUT2D eigenvalue weighted by Gasteiger charge is -2.41. The van der Waals surface area contributed by atoms with Crippen molar-refractivity contribution in [3.63, 3.8) is 0 Å². The molecule has 1 saturated heterocycles. The van der Waals surface area contributed by atoms with Crippen molar-refractivity contribution in [3.8, 4) is 0 Å². The lowest BCUT2D eigenvalue weighted by Crippen LogP contribution is -2.46. The topological polar surface area (TPSA) is 6.48 Å². The highest BCUT2D eigenvalue weighted by Gasteiger charge is 2.35. The molecule has 126 valence electrons. The van der Waals surface area contributed by atoms with E-state index in [1.165, 1.54) is 17.6 Å². The Morgan fingerprint density at radius 1 is 0.739 bits per heavy atom. The molecule has 0 N–H and O–H groups in total. The molecule has 0 bridgehead atoms. The van der Waals surface area contributed by atoms with E-state index in [4.69, 9.17) is 0 Å². The predicted molar refractivity (Wildman–Crippen MR) is 99.0 cm³/mol. The van der Waals surface area contributed by atoms with Crippen molar-refractivity contribution in [1.29, 1.82) is 0 Å². The van der Waals surface area contributed by atoms with Gasteiger partial charge in [0.05, 0.1) is 12.1 Å². The van der Waals surface area contributed by atoms with Gasteiger partial charge in [0.15, 0.2) is 0 Å². The minimum atomic E-state index is 0.209. The van der Waals surface area contributed by atoms with Gasteiger partial charge in [0, 0.05) is 13.1 Å². The first kappa shape index (κ1) is 16.4. The average Bonchev–Trinajstić information content (AvgIpc) is 2.63. The SMILES string of the molecule is CC(C)(C)C1=C[C@@H]2[C@@H]3C=C(C(C)(C)C)C=CN3CCCN2C=C1. The molecule has 0 saturated carbocycles. The van der Waals surface area contributed by atoms with Crippen LogP contribution in [0.15, 0.2) is 47.9 Å². The third kappa shape index (κ3) is 3.27. The van der Waals surface area contributed by atoms with Gasteiger partial charge in [0.2, 0.25) is 0 Å². The monoisotopic (exact) mass is 312 g/mol. The Balaban J connectivity index is 1.99. The van der Waals surface area contributed by atoms with E-state index in [2.05, 4.69) is 88.0 Å². The standard InChI is InChI=1S/C21H32N2/c1-20(2,3)16-8-12-22-10-7-11-23-13-9-17(21(4,5)6)15-19(23)18(22)14-16/h8-9,12-15,18-19H,7,10-11H2,1-6H3/t18-,19+. The molecule has 0 radical (unpaired) electrons. The van der Waals surface area contributed by atoms with Gasteiger partial charge in [-0.15, -0.1) is 0 Å². The fourth-order valence-corrected chi connectivity index (χ4v) is 3.69. The largest absolute Gasteiger partial charge is 0.369 e. The normalized spacial score (nSPS) is 27.9. The van der Waals surface area contributed by atoms with Crippen LogP contribution in [0.4, 0.5) is 0 Å². The van der Waals surface area contributed by atoms with Crippen molar-refractivity contribution < 1.29 is 0 Å². The molecular formula is C21H32N2. The van der Waals surface area contributed by atoms with Gasteiger partial charge in [-0.25, -0.2) is 0 Å². The summed E-state index contributed by atoms with van der Waals surface area (Å²) < 4.78 is 0. The first-order valence-corrected chi connectivity index (χ1v) is 8.99. The highest BCUT2D eigenvalue weighted by molar-refractivity contribution is 5.37. The smallest absolute Gasteiger partial charge is 0.0713 e. The van der Waals surface area contributed by atoms with Crippen LogP contribution in [0.3, 0.4) is 0 Å². The second-order valence-corrected chi connectivity index (χ2v) is 9.19. The van der Waals surface area contributed by atoms with Gasteiger partial charge in [-0.1, -0.05) is 53.7 Å². The Morgan fingerprint density at radius 3 is 1.48 bits per heavy atom. The van der Waals surface area contributed by atoms with E-state index in [1.54, 1.807) is 0 Å². The third-order valence-corrected chi connectivity index (χ3v) is 5.27. The fourth-order valence-electron chi connectivity index (χ4n) is 3.69. The Kier molecular flexibility index (Phi) is 3.98. The summed E-state index contributed by atoms with van der Waals surface area (Å²) in [7, 11) is 0. The second kappa shape index (κ2) is 5.58. The second-order valence-electron chi connectivity index (χ2n) is 9.19. The van der Waals surface area contributed by atoms with Crippen LogP contribution < -0.4 is 0 Å². The summed E-state index contributed by atoms with van der Waals surface area (Å²) in [4.78, 5) is 5.08. The summed E-state index contributed by atoms with van der Waals surface area (Å²) in [6.07, 6.45) is 15.5. The summed E-state index contributed by atoms with van der Waals surface area (Å²) in [5.41, 5.74) is 3.34. The highest BCUT2D eigenvalue weighted by Crippen LogP contribution is 2.36. The maximum Gasteiger partial charge on any atom is 0.0713 e. The van der Waals surface area contributed by atoms with Gasteiger partial charge in [0.25, 0.3) is 0 Å². The first-order chi connectivity index (χ1) is 10.7. The Morgan fingerprint density at radius 2 is 1.13 bits per heavy atom. The number of fused-ring (bicyclic) bond motifs is 3. The molecule has 0 spiro atoms. The van der Waals surface area contributed by atoms with Gasteiger partial charge < -0.3 is 9.80 Å². The molecular weight excluding hydrogens is 280 g/mol. The lowest BCUT2D eigenvalue weighted by molar-refractivity contribution is 0.240. The van der Waals surface area contributed by atoms with Crippen LogP contribution >= 0.6 is 0 Å². The van der Waals surface area contributed by atoms with Crippen molar-refractivity contribution in [1.82, 2.24) is 9.80 Å². The molecule has 2 nitrogen and oxygen atoms in total. The minimum absolute atomic E-state index is 0.209. The molecule has 0 amide bonds. The molecule has 0 unspecified atom stereocenters. The summed E-state index contributed by atoms with van der Waals surface area (Å²) in [6.45, 7) is 16.2. The van der Waals surface area contributed by atoms with E-state index in [-0.39, 0.29) is 10.8 Å².